The highest BCUT2D eigenvalue weighted by Gasteiger charge is 2.44. The summed E-state index contributed by atoms with van der Waals surface area (Å²) < 4.78 is 44.6. The van der Waals surface area contributed by atoms with Gasteiger partial charge in [0, 0.05) is 43.5 Å². The number of fused-ring (bicyclic) bond motifs is 2. The van der Waals surface area contributed by atoms with E-state index in [0.29, 0.717) is 28.4 Å². The molecule has 0 radical (unpaired) electrons. The van der Waals surface area contributed by atoms with E-state index in [2.05, 4.69) is 98.1 Å². The van der Waals surface area contributed by atoms with Crippen LogP contribution in [0, 0.1) is 48.4 Å². The Hall–Kier alpha value is -9.87. The lowest BCUT2D eigenvalue weighted by molar-refractivity contribution is 0.414. The fourth-order valence-electron chi connectivity index (χ4n) is 10.3. The minimum absolute atomic E-state index is 0. The highest BCUT2D eigenvalue weighted by molar-refractivity contribution is 14.0. The summed E-state index contributed by atoms with van der Waals surface area (Å²) in [5.41, 5.74) is 23.5. The van der Waals surface area contributed by atoms with Gasteiger partial charge in [-0.3, -0.25) is 0 Å². The normalized spacial score (nSPS) is 14.1. The molecule has 13 rings (SSSR count). The molecule has 2 aliphatic heterocycles. The van der Waals surface area contributed by atoms with Gasteiger partial charge in [-0.15, -0.1) is 24.0 Å². The van der Waals surface area contributed by atoms with Crippen LogP contribution in [0.25, 0.3) is 11.1 Å². The van der Waals surface area contributed by atoms with Crippen LogP contribution in [0.1, 0.15) is 66.8 Å². The maximum absolute atomic E-state index is 14.4. The van der Waals surface area contributed by atoms with Crippen LogP contribution in [0.2, 0.25) is 0 Å². The first-order chi connectivity index (χ1) is 45.0. The van der Waals surface area contributed by atoms with E-state index >= 15 is 0 Å². The molecule has 0 amide bonds. The predicted molar refractivity (Wildman–Crippen MR) is 386 cm³/mol. The van der Waals surface area contributed by atoms with Crippen molar-refractivity contribution in [1.29, 1.82) is 10.5 Å². The molecule has 4 heterocycles. The van der Waals surface area contributed by atoms with Crippen molar-refractivity contribution in [2.75, 3.05) is 21.3 Å². The van der Waals surface area contributed by atoms with Gasteiger partial charge in [-0.1, -0.05) is 189 Å². The summed E-state index contributed by atoms with van der Waals surface area (Å²) >= 11 is 6.95. The molecule has 9 aromatic carbocycles. The Morgan fingerprint density at radius 1 is 0.447 bits per heavy atom. The Morgan fingerprint density at radius 3 is 1.28 bits per heavy atom. The zero-order valence-corrected chi connectivity index (χ0v) is 57.2. The molecular formula is C75H64BBr2F2IN8O5. The van der Waals surface area contributed by atoms with Gasteiger partial charge in [-0.25, -0.2) is 20.0 Å². The summed E-state index contributed by atoms with van der Waals surface area (Å²) in [4.78, 5) is 17.0. The van der Waals surface area contributed by atoms with Crippen LogP contribution in [0.15, 0.2) is 274 Å². The van der Waals surface area contributed by atoms with Crippen molar-refractivity contribution in [3.8, 4) is 40.5 Å². The minimum atomic E-state index is -1.78. The van der Waals surface area contributed by atoms with Gasteiger partial charge in [-0.05, 0) is 150 Å². The number of benzene rings is 9. The number of amidine groups is 2. The zero-order chi connectivity index (χ0) is 66.5. The van der Waals surface area contributed by atoms with Gasteiger partial charge >= 0.3 is 7.12 Å². The number of nitrogens with zero attached hydrogens (tertiary/aromatic N) is 6. The SMILES string of the molecule is COc1ccc(C)cc1.COc1ccc(C2(c3cccc(-c4cccnc4F)c3)N=C(N)c3ccccc32)cc1.COc1ccc(C2(c3cccc(Br)c3)N=C(N)c3ccccc32)cc1.Cc1cccc(Br)c1.I.N#Cc1ccccc1C#N.OB(O)c1cccnc1F. The van der Waals surface area contributed by atoms with Gasteiger partial charge in [0.15, 0.2) is 0 Å². The molecule has 0 bridgehead atoms. The van der Waals surface area contributed by atoms with E-state index in [1.807, 2.05) is 164 Å². The standard InChI is InChI=1S/C26H20FN3O.C21H17BrN2O.C8H4N2.C8H10O.C7H7Br.C5H5BFNO2.HI/c1-31-20-13-11-18(12-14-20)26(23-10-3-2-8-22(23)25(28)30-26)19-7-4-6-17(16-19)21-9-5-15-29-24(21)27;1-25-17-11-9-14(10-12-17)21(15-5-4-6-16(22)13-15)19-8-3-2-7-18(19)20(23)24-21;9-5-7-3-1-2-4-8(7)6-10;1-7-3-5-8(9-2)6-4-7;1-6-3-2-4-7(8)5-6;7-5-4(6(9)10)2-1-3-8-5;/h2-16H,1H3,(H2,28,30);2-13H,1H3,(H2,23,24);1-4H;3-6H,1-2H3;2-5H,1H3;1-3,9-10H;1H. The molecule has 6 N–H and O–H groups in total. The first kappa shape index (κ1) is 71.6. The van der Waals surface area contributed by atoms with E-state index in [1.165, 1.54) is 35.7 Å². The second-order valence-corrected chi connectivity index (χ2v) is 22.6. The number of methoxy groups -OCH3 is 3. The Balaban J connectivity index is 0.000000175. The molecule has 13 nitrogen and oxygen atoms in total. The second-order valence-electron chi connectivity index (χ2n) is 20.7. The first-order valence-corrected chi connectivity index (χ1v) is 30.4. The fraction of sp³-hybridized carbons (Fsp3) is 0.0933. The van der Waals surface area contributed by atoms with E-state index in [9.17, 15) is 8.78 Å². The van der Waals surface area contributed by atoms with Crippen LogP contribution in [0.5, 0.6) is 17.2 Å². The minimum Gasteiger partial charge on any atom is -0.497 e. The molecule has 0 spiro atoms. The van der Waals surface area contributed by atoms with Crippen LogP contribution < -0.4 is 31.1 Å². The molecule has 94 heavy (non-hydrogen) atoms. The van der Waals surface area contributed by atoms with Gasteiger partial charge in [0.1, 0.15) is 52.1 Å². The first-order valence-electron chi connectivity index (χ1n) is 28.9. The summed E-state index contributed by atoms with van der Waals surface area (Å²) in [6.07, 6.45) is 2.68. The summed E-state index contributed by atoms with van der Waals surface area (Å²) in [5, 5.41) is 33.9. The number of aryl methyl sites for hydroxylation is 2. The van der Waals surface area contributed by atoms with Crippen molar-refractivity contribution >= 4 is 80.1 Å². The molecular weight excluding hydrogens is 1430 g/mol. The van der Waals surface area contributed by atoms with Crippen molar-refractivity contribution in [2.45, 2.75) is 24.9 Å². The number of pyridine rings is 2. The van der Waals surface area contributed by atoms with Crippen molar-refractivity contribution in [3.63, 3.8) is 0 Å². The molecule has 2 atom stereocenters. The monoisotopic (exact) mass is 1490 g/mol. The lowest BCUT2D eigenvalue weighted by Gasteiger charge is -2.29. The number of ether oxygens (including phenoxy) is 3. The molecule has 2 aliphatic rings. The summed E-state index contributed by atoms with van der Waals surface area (Å²) in [7, 11) is 3.19. The van der Waals surface area contributed by atoms with E-state index in [0.717, 1.165) is 76.3 Å². The number of nitrogens with two attached hydrogens (primary N) is 2. The average Bonchev–Trinajstić information content (AvgIpc) is 1.56. The fourth-order valence-corrected chi connectivity index (χ4v) is 11.2. The number of aromatic nitrogens is 2. The van der Waals surface area contributed by atoms with Gasteiger partial charge in [-0.2, -0.15) is 19.3 Å². The average molecular weight is 1490 g/mol. The van der Waals surface area contributed by atoms with Crippen LogP contribution in [-0.4, -0.2) is 60.1 Å². The zero-order valence-electron chi connectivity index (χ0n) is 51.7. The summed E-state index contributed by atoms with van der Waals surface area (Å²) in [6, 6.07) is 80.8. The van der Waals surface area contributed by atoms with Crippen molar-refractivity contribution in [3.05, 3.63) is 343 Å². The second kappa shape index (κ2) is 34.2. The highest BCUT2D eigenvalue weighted by Crippen LogP contribution is 2.48. The summed E-state index contributed by atoms with van der Waals surface area (Å²) in [6.45, 7) is 4.13. The molecule has 2 unspecified atom stereocenters. The highest BCUT2D eigenvalue weighted by atomic mass is 127. The number of halogens is 5. The molecule has 2 aromatic heterocycles. The Kier molecular flexibility index (Phi) is 26.0. The van der Waals surface area contributed by atoms with E-state index in [-0.39, 0.29) is 29.4 Å². The number of aliphatic imine (C=N–C) groups is 2. The lowest BCUT2D eigenvalue weighted by atomic mass is 9.77. The van der Waals surface area contributed by atoms with Crippen molar-refractivity contribution in [1.82, 2.24) is 9.97 Å². The van der Waals surface area contributed by atoms with Crippen LogP contribution in [0.4, 0.5) is 8.78 Å². The maximum atomic E-state index is 14.4. The molecule has 0 fully saturated rings. The molecule has 19 heteroatoms. The summed E-state index contributed by atoms with van der Waals surface area (Å²) in [5.74, 6) is 2.17. The molecule has 11 aromatic rings. The van der Waals surface area contributed by atoms with E-state index in [1.54, 1.807) is 57.7 Å². The van der Waals surface area contributed by atoms with Crippen molar-refractivity contribution in [2.24, 2.45) is 21.5 Å². The van der Waals surface area contributed by atoms with Crippen molar-refractivity contribution < 1.29 is 33.0 Å². The van der Waals surface area contributed by atoms with Gasteiger partial charge < -0.3 is 35.7 Å². The quantitative estimate of drug-likeness (QED) is 0.0605. The number of hydrogen-bond donors (Lipinski definition) is 4. The van der Waals surface area contributed by atoms with Crippen LogP contribution in [-0.2, 0) is 11.1 Å². The van der Waals surface area contributed by atoms with E-state index < -0.39 is 30.1 Å². The van der Waals surface area contributed by atoms with Gasteiger partial charge in [0.2, 0.25) is 11.9 Å². The number of nitriles is 2. The number of rotatable bonds is 9. The number of hydrogen-bond acceptors (Lipinski definition) is 13. The largest absolute Gasteiger partial charge is 0.497 e. The van der Waals surface area contributed by atoms with Gasteiger partial charge in [0.05, 0.1) is 32.5 Å². The Bertz CT molecular complexity index is 4450. The molecule has 0 saturated carbocycles. The Morgan fingerprint density at radius 2 is 0.862 bits per heavy atom. The third-order valence-electron chi connectivity index (χ3n) is 14.8. The Labute approximate surface area is 580 Å². The topological polar surface area (TPSA) is 218 Å². The maximum Gasteiger partial charge on any atom is 0.493 e. The van der Waals surface area contributed by atoms with E-state index in [4.69, 9.17) is 56.2 Å². The van der Waals surface area contributed by atoms with Crippen LogP contribution in [0.3, 0.4) is 0 Å². The van der Waals surface area contributed by atoms with Gasteiger partial charge in [0.25, 0.3) is 0 Å². The molecule has 0 saturated heterocycles. The smallest absolute Gasteiger partial charge is 0.493 e. The predicted octanol–water partition coefficient (Wildman–Crippen LogP) is 15.1. The molecule has 472 valence electrons. The lowest BCUT2D eigenvalue weighted by Crippen LogP contribution is -2.33. The third kappa shape index (κ3) is 17.2. The third-order valence-corrected chi connectivity index (χ3v) is 15.8. The van der Waals surface area contributed by atoms with Crippen LogP contribution >= 0.6 is 55.8 Å². The molecule has 0 aliphatic carbocycles.